The van der Waals surface area contributed by atoms with E-state index in [0.29, 0.717) is 0 Å². The molecule has 0 saturated carbocycles. The third kappa shape index (κ3) is 2.72. The number of rotatable bonds is 4. The van der Waals surface area contributed by atoms with E-state index in [1.54, 1.807) is 7.11 Å². The first-order valence-corrected chi connectivity index (χ1v) is 5.49. The van der Waals surface area contributed by atoms with Crippen molar-refractivity contribution in [2.45, 2.75) is 25.9 Å². The molecule has 78 valence electrons. The van der Waals surface area contributed by atoms with Gasteiger partial charge in [-0.2, -0.15) is 0 Å². The molecule has 1 rings (SSSR count). The molecule has 2 nitrogen and oxygen atoms in total. The second kappa shape index (κ2) is 5.37. The number of methoxy groups -OCH3 is 1. The van der Waals surface area contributed by atoms with Crippen LogP contribution in [0.3, 0.4) is 0 Å². The van der Waals surface area contributed by atoms with Crippen LogP contribution >= 0.6 is 15.9 Å². The molecule has 0 aliphatic rings. The number of halogens is 1. The molecule has 0 heterocycles. The van der Waals surface area contributed by atoms with Crippen molar-refractivity contribution in [3.05, 3.63) is 28.2 Å². The zero-order valence-electron chi connectivity index (χ0n) is 8.46. The van der Waals surface area contributed by atoms with Gasteiger partial charge in [0.1, 0.15) is 5.75 Å². The lowest BCUT2D eigenvalue weighted by atomic mass is 10.1. The van der Waals surface area contributed by atoms with Gasteiger partial charge in [0.15, 0.2) is 0 Å². The van der Waals surface area contributed by atoms with Gasteiger partial charge in [0, 0.05) is 0 Å². The van der Waals surface area contributed by atoms with Crippen molar-refractivity contribution in [1.82, 2.24) is 0 Å². The SMILES string of the molecule is CCC[C@@H](O)c1ccc(OC)c(Br)c1. The highest BCUT2D eigenvalue weighted by atomic mass is 79.9. The fourth-order valence-corrected chi connectivity index (χ4v) is 1.89. The summed E-state index contributed by atoms with van der Waals surface area (Å²) in [5.74, 6) is 0.789. The van der Waals surface area contributed by atoms with Crippen molar-refractivity contribution in [1.29, 1.82) is 0 Å². The Morgan fingerprint density at radius 2 is 2.21 bits per heavy atom. The third-order valence-corrected chi connectivity index (χ3v) is 2.74. The van der Waals surface area contributed by atoms with Crippen molar-refractivity contribution < 1.29 is 9.84 Å². The summed E-state index contributed by atoms with van der Waals surface area (Å²) in [5, 5.41) is 9.75. The fraction of sp³-hybridized carbons (Fsp3) is 0.455. The fourth-order valence-electron chi connectivity index (χ4n) is 1.33. The van der Waals surface area contributed by atoms with E-state index in [1.165, 1.54) is 0 Å². The summed E-state index contributed by atoms with van der Waals surface area (Å²) in [4.78, 5) is 0. The van der Waals surface area contributed by atoms with E-state index in [-0.39, 0.29) is 6.10 Å². The Balaban J connectivity index is 2.85. The number of aliphatic hydroxyl groups is 1. The zero-order valence-corrected chi connectivity index (χ0v) is 10.0. The molecular formula is C11H15BrO2. The van der Waals surface area contributed by atoms with E-state index < -0.39 is 0 Å². The van der Waals surface area contributed by atoms with E-state index >= 15 is 0 Å². The molecule has 0 radical (unpaired) electrons. The van der Waals surface area contributed by atoms with Gasteiger partial charge in [0.05, 0.1) is 17.7 Å². The normalized spacial score (nSPS) is 12.6. The molecule has 0 unspecified atom stereocenters. The lowest BCUT2D eigenvalue weighted by molar-refractivity contribution is 0.166. The summed E-state index contributed by atoms with van der Waals surface area (Å²) >= 11 is 3.39. The maximum atomic E-state index is 9.75. The maximum Gasteiger partial charge on any atom is 0.133 e. The predicted octanol–water partition coefficient (Wildman–Crippen LogP) is 3.29. The van der Waals surface area contributed by atoms with Crippen LogP contribution < -0.4 is 4.74 Å². The summed E-state index contributed by atoms with van der Waals surface area (Å²) in [5.41, 5.74) is 0.930. The van der Waals surface area contributed by atoms with Crippen molar-refractivity contribution in [3.63, 3.8) is 0 Å². The average Bonchev–Trinajstić information content (AvgIpc) is 2.18. The van der Waals surface area contributed by atoms with Gasteiger partial charge in [0.25, 0.3) is 0 Å². The first-order valence-electron chi connectivity index (χ1n) is 4.70. The number of aliphatic hydroxyl groups excluding tert-OH is 1. The predicted molar refractivity (Wildman–Crippen MR) is 60.6 cm³/mol. The van der Waals surface area contributed by atoms with Crippen LogP contribution in [0.1, 0.15) is 31.4 Å². The molecule has 0 spiro atoms. The number of hydrogen-bond donors (Lipinski definition) is 1. The van der Waals surface area contributed by atoms with Gasteiger partial charge in [0.2, 0.25) is 0 Å². The summed E-state index contributed by atoms with van der Waals surface area (Å²) in [7, 11) is 1.63. The minimum absolute atomic E-state index is 0.373. The molecule has 1 atom stereocenters. The summed E-state index contributed by atoms with van der Waals surface area (Å²) in [6.07, 6.45) is 1.39. The number of ether oxygens (including phenoxy) is 1. The average molecular weight is 259 g/mol. The Hall–Kier alpha value is -0.540. The first-order chi connectivity index (χ1) is 6.69. The van der Waals surface area contributed by atoms with Gasteiger partial charge >= 0.3 is 0 Å². The van der Waals surface area contributed by atoms with Gasteiger partial charge in [-0.15, -0.1) is 0 Å². The highest BCUT2D eigenvalue weighted by Crippen LogP contribution is 2.29. The smallest absolute Gasteiger partial charge is 0.133 e. The highest BCUT2D eigenvalue weighted by molar-refractivity contribution is 9.10. The molecule has 14 heavy (non-hydrogen) atoms. The Labute approximate surface area is 93.0 Å². The molecule has 0 aliphatic carbocycles. The minimum atomic E-state index is -0.373. The molecule has 0 aromatic heterocycles. The summed E-state index contributed by atoms with van der Waals surface area (Å²) < 4.78 is 5.99. The molecule has 1 aromatic rings. The highest BCUT2D eigenvalue weighted by Gasteiger charge is 2.08. The van der Waals surface area contributed by atoms with Crippen molar-refractivity contribution in [3.8, 4) is 5.75 Å². The van der Waals surface area contributed by atoms with Crippen LogP contribution in [-0.4, -0.2) is 12.2 Å². The van der Waals surface area contributed by atoms with Crippen LogP contribution in [-0.2, 0) is 0 Å². The van der Waals surface area contributed by atoms with Gasteiger partial charge < -0.3 is 9.84 Å². The maximum absolute atomic E-state index is 9.75. The monoisotopic (exact) mass is 258 g/mol. The van der Waals surface area contributed by atoms with Crippen LogP contribution in [0.25, 0.3) is 0 Å². The lowest BCUT2D eigenvalue weighted by Crippen LogP contribution is -1.97. The Kier molecular flexibility index (Phi) is 4.42. The van der Waals surface area contributed by atoms with Crippen molar-refractivity contribution in [2.75, 3.05) is 7.11 Å². The second-order valence-electron chi connectivity index (χ2n) is 3.20. The van der Waals surface area contributed by atoms with Crippen LogP contribution in [0.2, 0.25) is 0 Å². The topological polar surface area (TPSA) is 29.5 Å². The second-order valence-corrected chi connectivity index (χ2v) is 4.05. The molecule has 1 N–H and O–H groups in total. The van der Waals surface area contributed by atoms with Crippen LogP contribution in [0.4, 0.5) is 0 Å². The zero-order chi connectivity index (χ0) is 10.6. The molecule has 0 aliphatic heterocycles. The van der Waals surface area contributed by atoms with Crippen molar-refractivity contribution in [2.24, 2.45) is 0 Å². The molecule has 0 bridgehead atoms. The molecule has 0 amide bonds. The molecule has 1 aromatic carbocycles. The van der Waals surface area contributed by atoms with Gasteiger partial charge in [-0.05, 0) is 40.0 Å². The Morgan fingerprint density at radius 1 is 1.50 bits per heavy atom. The number of benzene rings is 1. The first kappa shape index (κ1) is 11.5. The quantitative estimate of drug-likeness (QED) is 0.899. The minimum Gasteiger partial charge on any atom is -0.496 e. The van der Waals surface area contributed by atoms with Gasteiger partial charge in [-0.25, -0.2) is 0 Å². The molecule has 0 fully saturated rings. The number of hydrogen-bond acceptors (Lipinski definition) is 2. The van der Waals surface area contributed by atoms with E-state index in [2.05, 4.69) is 22.9 Å². The van der Waals surface area contributed by atoms with Crippen LogP contribution in [0.15, 0.2) is 22.7 Å². The van der Waals surface area contributed by atoms with Gasteiger partial charge in [-0.3, -0.25) is 0 Å². The largest absolute Gasteiger partial charge is 0.496 e. The summed E-state index contributed by atoms with van der Waals surface area (Å²) in [6, 6.07) is 5.65. The third-order valence-electron chi connectivity index (χ3n) is 2.12. The van der Waals surface area contributed by atoms with E-state index in [4.69, 9.17) is 4.74 Å². The van der Waals surface area contributed by atoms with E-state index in [0.717, 1.165) is 28.6 Å². The van der Waals surface area contributed by atoms with Crippen LogP contribution in [0.5, 0.6) is 5.75 Å². The van der Waals surface area contributed by atoms with Gasteiger partial charge in [-0.1, -0.05) is 19.4 Å². The molecule has 0 saturated heterocycles. The summed E-state index contributed by atoms with van der Waals surface area (Å²) in [6.45, 7) is 2.06. The molecule has 3 heteroatoms. The van der Waals surface area contributed by atoms with E-state index in [1.807, 2.05) is 18.2 Å². The lowest BCUT2D eigenvalue weighted by Gasteiger charge is -2.11. The Morgan fingerprint density at radius 3 is 2.71 bits per heavy atom. The Bertz CT molecular complexity index is 299. The standard InChI is InChI=1S/C11H15BrO2/c1-3-4-10(13)8-5-6-11(14-2)9(12)7-8/h5-7,10,13H,3-4H2,1-2H3/t10-/m1/s1. The van der Waals surface area contributed by atoms with E-state index in [9.17, 15) is 5.11 Å². The van der Waals surface area contributed by atoms with Crippen LogP contribution in [0, 0.1) is 0 Å². The van der Waals surface area contributed by atoms with Crippen molar-refractivity contribution >= 4 is 15.9 Å². The molecular weight excluding hydrogens is 244 g/mol.